The lowest BCUT2D eigenvalue weighted by Gasteiger charge is -2.30. The highest BCUT2D eigenvalue weighted by Crippen LogP contribution is 2.30. The molecule has 0 aromatic carbocycles. The number of imidazole rings is 1. The van der Waals surface area contributed by atoms with Crippen molar-refractivity contribution < 1.29 is 17.9 Å². The summed E-state index contributed by atoms with van der Waals surface area (Å²) in [6.45, 7) is 4.94. The number of sulfonamides is 1. The van der Waals surface area contributed by atoms with Crippen LogP contribution in [0.3, 0.4) is 0 Å². The maximum absolute atomic E-state index is 12.1. The summed E-state index contributed by atoms with van der Waals surface area (Å²) in [4.78, 5) is 16.3. The van der Waals surface area contributed by atoms with Crippen LogP contribution in [-0.2, 0) is 32.6 Å². The Bertz CT molecular complexity index is 608. The Labute approximate surface area is 118 Å². The SMILES string of the molecule is CCOC(=O)C1CN(S(C)(=O)=O)Cc2ncn(CC)c21. The first-order chi connectivity index (χ1) is 9.38. The van der Waals surface area contributed by atoms with Crippen LogP contribution in [0.4, 0.5) is 0 Å². The summed E-state index contributed by atoms with van der Waals surface area (Å²) in [7, 11) is -3.37. The van der Waals surface area contributed by atoms with Gasteiger partial charge in [0.2, 0.25) is 10.0 Å². The van der Waals surface area contributed by atoms with E-state index in [1.807, 2.05) is 11.5 Å². The summed E-state index contributed by atoms with van der Waals surface area (Å²) in [6, 6.07) is 0. The molecule has 20 heavy (non-hydrogen) atoms. The molecule has 2 heterocycles. The van der Waals surface area contributed by atoms with Crippen molar-refractivity contribution in [3.8, 4) is 0 Å². The first kappa shape index (κ1) is 15.0. The van der Waals surface area contributed by atoms with E-state index in [0.717, 1.165) is 11.9 Å². The van der Waals surface area contributed by atoms with Gasteiger partial charge < -0.3 is 9.30 Å². The molecule has 1 unspecified atom stereocenters. The van der Waals surface area contributed by atoms with Gasteiger partial charge >= 0.3 is 5.97 Å². The summed E-state index contributed by atoms with van der Waals surface area (Å²) >= 11 is 0. The zero-order chi connectivity index (χ0) is 14.9. The first-order valence-electron chi connectivity index (χ1n) is 6.54. The van der Waals surface area contributed by atoms with E-state index < -0.39 is 21.9 Å². The van der Waals surface area contributed by atoms with Gasteiger partial charge in [0, 0.05) is 13.1 Å². The zero-order valence-corrected chi connectivity index (χ0v) is 12.7. The molecule has 1 aliphatic heterocycles. The molecule has 0 N–H and O–H groups in total. The molecule has 1 atom stereocenters. The minimum absolute atomic E-state index is 0.107. The third kappa shape index (κ3) is 2.71. The lowest BCUT2D eigenvalue weighted by molar-refractivity contribution is -0.145. The van der Waals surface area contributed by atoms with Crippen molar-refractivity contribution >= 4 is 16.0 Å². The molecule has 0 saturated carbocycles. The predicted molar refractivity (Wildman–Crippen MR) is 72.5 cm³/mol. The molecule has 1 aliphatic rings. The maximum atomic E-state index is 12.1. The van der Waals surface area contributed by atoms with E-state index >= 15 is 0 Å². The normalized spacial score (nSPS) is 19.6. The summed E-state index contributed by atoms with van der Waals surface area (Å²) in [6.07, 6.45) is 2.78. The molecule has 0 aliphatic carbocycles. The van der Waals surface area contributed by atoms with Gasteiger partial charge in [-0.2, -0.15) is 4.31 Å². The fourth-order valence-electron chi connectivity index (χ4n) is 2.41. The predicted octanol–water partition coefficient (Wildman–Crippen LogP) is 0.325. The number of aromatic nitrogens is 2. The summed E-state index contributed by atoms with van der Waals surface area (Å²) in [5, 5.41) is 0. The molecular weight excluding hydrogens is 282 g/mol. The van der Waals surface area contributed by atoms with E-state index in [0.29, 0.717) is 12.2 Å². The van der Waals surface area contributed by atoms with Gasteiger partial charge in [0.05, 0.1) is 37.1 Å². The van der Waals surface area contributed by atoms with Gasteiger partial charge in [0.15, 0.2) is 0 Å². The second-order valence-corrected chi connectivity index (χ2v) is 6.71. The molecule has 1 aromatic rings. The molecule has 0 spiro atoms. The fourth-order valence-corrected chi connectivity index (χ4v) is 3.19. The monoisotopic (exact) mass is 301 g/mol. The lowest BCUT2D eigenvalue weighted by atomic mass is 10.00. The average molecular weight is 301 g/mol. The number of hydrogen-bond acceptors (Lipinski definition) is 5. The fraction of sp³-hybridized carbons (Fsp3) is 0.667. The zero-order valence-electron chi connectivity index (χ0n) is 11.9. The van der Waals surface area contributed by atoms with E-state index in [1.54, 1.807) is 13.3 Å². The van der Waals surface area contributed by atoms with Crippen molar-refractivity contribution in [3.05, 3.63) is 17.7 Å². The topological polar surface area (TPSA) is 81.5 Å². The second kappa shape index (κ2) is 5.53. The van der Waals surface area contributed by atoms with Crippen LogP contribution in [0.1, 0.15) is 31.2 Å². The van der Waals surface area contributed by atoms with Gasteiger partial charge in [-0.15, -0.1) is 0 Å². The molecule has 8 heteroatoms. The molecule has 7 nitrogen and oxygen atoms in total. The number of esters is 1. The van der Waals surface area contributed by atoms with Crippen LogP contribution in [-0.4, -0.2) is 47.7 Å². The quantitative estimate of drug-likeness (QED) is 0.748. The van der Waals surface area contributed by atoms with Crippen LogP contribution in [0.5, 0.6) is 0 Å². The highest BCUT2D eigenvalue weighted by molar-refractivity contribution is 7.88. The summed E-state index contributed by atoms with van der Waals surface area (Å²) < 4.78 is 31.7. The number of hydrogen-bond donors (Lipinski definition) is 0. The number of nitrogens with zero attached hydrogens (tertiary/aromatic N) is 3. The third-order valence-corrected chi connectivity index (χ3v) is 4.60. The minimum atomic E-state index is -3.37. The Morgan fingerprint density at radius 2 is 2.20 bits per heavy atom. The van der Waals surface area contributed by atoms with Crippen molar-refractivity contribution in [2.24, 2.45) is 0 Å². The molecular formula is C12H19N3O4S. The van der Waals surface area contributed by atoms with Crippen molar-refractivity contribution in [1.82, 2.24) is 13.9 Å². The van der Waals surface area contributed by atoms with E-state index in [-0.39, 0.29) is 19.7 Å². The first-order valence-corrected chi connectivity index (χ1v) is 8.39. The number of fused-ring (bicyclic) bond motifs is 1. The van der Waals surface area contributed by atoms with Crippen LogP contribution in [0.15, 0.2) is 6.33 Å². The van der Waals surface area contributed by atoms with Crippen molar-refractivity contribution in [2.45, 2.75) is 32.9 Å². The number of ether oxygens (including phenoxy) is 1. The Hall–Kier alpha value is -1.41. The molecule has 0 saturated heterocycles. The van der Waals surface area contributed by atoms with Crippen molar-refractivity contribution in [1.29, 1.82) is 0 Å². The standard InChI is InChI=1S/C12H19N3O4S/c1-4-14-8-13-10-7-15(20(3,17)18)6-9(11(10)14)12(16)19-5-2/h8-9H,4-7H2,1-3H3. The van der Waals surface area contributed by atoms with Crippen molar-refractivity contribution in [3.63, 3.8) is 0 Å². The minimum Gasteiger partial charge on any atom is -0.465 e. The van der Waals surface area contributed by atoms with Crippen LogP contribution < -0.4 is 0 Å². The lowest BCUT2D eigenvalue weighted by Crippen LogP contribution is -2.41. The van der Waals surface area contributed by atoms with Crippen LogP contribution >= 0.6 is 0 Å². The largest absolute Gasteiger partial charge is 0.465 e. The molecule has 2 rings (SSSR count). The molecule has 0 amide bonds. The van der Waals surface area contributed by atoms with Gasteiger partial charge in [0.25, 0.3) is 0 Å². The van der Waals surface area contributed by atoms with Crippen LogP contribution in [0.2, 0.25) is 0 Å². The number of carbonyl (C=O) groups excluding carboxylic acids is 1. The van der Waals surface area contributed by atoms with Gasteiger partial charge in [-0.1, -0.05) is 0 Å². The Morgan fingerprint density at radius 1 is 1.50 bits per heavy atom. The average Bonchev–Trinajstić information content (AvgIpc) is 2.79. The third-order valence-electron chi connectivity index (χ3n) is 3.38. The Kier molecular flexibility index (Phi) is 4.14. The summed E-state index contributed by atoms with van der Waals surface area (Å²) in [5.74, 6) is -1.02. The van der Waals surface area contributed by atoms with Crippen LogP contribution in [0, 0.1) is 0 Å². The van der Waals surface area contributed by atoms with Crippen molar-refractivity contribution in [2.75, 3.05) is 19.4 Å². The van der Waals surface area contributed by atoms with Gasteiger partial charge in [0.1, 0.15) is 5.92 Å². The Balaban J connectivity index is 2.43. The molecule has 1 aromatic heterocycles. The Morgan fingerprint density at radius 3 is 2.75 bits per heavy atom. The highest BCUT2D eigenvalue weighted by Gasteiger charge is 2.38. The molecule has 0 radical (unpaired) electrons. The number of aryl methyl sites for hydroxylation is 1. The molecule has 0 fully saturated rings. The molecule has 0 bridgehead atoms. The van der Waals surface area contributed by atoms with Gasteiger partial charge in [-0.3, -0.25) is 4.79 Å². The van der Waals surface area contributed by atoms with Crippen LogP contribution in [0.25, 0.3) is 0 Å². The van der Waals surface area contributed by atoms with Gasteiger partial charge in [-0.05, 0) is 13.8 Å². The van der Waals surface area contributed by atoms with E-state index in [2.05, 4.69) is 4.98 Å². The maximum Gasteiger partial charge on any atom is 0.316 e. The number of rotatable bonds is 4. The second-order valence-electron chi connectivity index (χ2n) is 4.72. The summed E-state index contributed by atoms with van der Waals surface area (Å²) in [5.41, 5.74) is 1.40. The number of carbonyl (C=O) groups is 1. The highest BCUT2D eigenvalue weighted by atomic mass is 32.2. The smallest absolute Gasteiger partial charge is 0.316 e. The molecule has 112 valence electrons. The van der Waals surface area contributed by atoms with E-state index in [4.69, 9.17) is 4.74 Å². The van der Waals surface area contributed by atoms with Gasteiger partial charge in [-0.25, -0.2) is 13.4 Å². The van der Waals surface area contributed by atoms with E-state index in [1.165, 1.54) is 4.31 Å². The van der Waals surface area contributed by atoms with E-state index in [9.17, 15) is 13.2 Å².